The Labute approximate surface area is 83.8 Å². The molecule has 0 saturated carbocycles. The molecule has 2 unspecified atom stereocenters. The molecule has 2 N–H and O–H groups in total. The first-order valence-electron chi connectivity index (χ1n) is 4.81. The third kappa shape index (κ3) is 1.95. The molecule has 1 aliphatic heterocycles. The zero-order chi connectivity index (χ0) is 10.7. The highest BCUT2D eigenvalue weighted by molar-refractivity contribution is 5.87. The van der Waals surface area contributed by atoms with Gasteiger partial charge in [0.05, 0.1) is 0 Å². The van der Waals surface area contributed by atoms with Crippen molar-refractivity contribution in [3.8, 4) is 0 Å². The van der Waals surface area contributed by atoms with E-state index < -0.39 is 11.9 Å². The lowest BCUT2D eigenvalue weighted by Crippen LogP contribution is -2.45. The molecular formula is C10H16N2O2. The highest BCUT2D eigenvalue weighted by Crippen LogP contribution is 2.21. The summed E-state index contributed by atoms with van der Waals surface area (Å²) >= 11 is 0. The summed E-state index contributed by atoms with van der Waals surface area (Å²) < 4.78 is 0. The second-order valence-corrected chi connectivity index (χ2v) is 3.57. The minimum Gasteiger partial charge on any atom is -0.368 e. The number of hydrogen-bond acceptors (Lipinski definition) is 2. The van der Waals surface area contributed by atoms with Crippen LogP contribution in [-0.4, -0.2) is 29.3 Å². The molecule has 4 nitrogen and oxygen atoms in total. The maximum Gasteiger partial charge on any atom is 0.240 e. The third-order valence-electron chi connectivity index (χ3n) is 2.61. The summed E-state index contributed by atoms with van der Waals surface area (Å²) in [5, 5.41) is 0. The molecule has 0 radical (unpaired) electrons. The summed E-state index contributed by atoms with van der Waals surface area (Å²) in [5.74, 6) is -0.262. The van der Waals surface area contributed by atoms with Crippen LogP contribution in [0, 0.1) is 5.92 Å². The average molecular weight is 196 g/mol. The SMILES string of the molecule is C=CC1CC(=O)N(C(CC)C(N)=O)C1. The van der Waals surface area contributed by atoms with Crippen molar-refractivity contribution in [3.05, 3.63) is 12.7 Å². The van der Waals surface area contributed by atoms with Crippen LogP contribution in [0.25, 0.3) is 0 Å². The van der Waals surface area contributed by atoms with Crippen molar-refractivity contribution in [3.63, 3.8) is 0 Å². The van der Waals surface area contributed by atoms with Crippen LogP contribution in [0.15, 0.2) is 12.7 Å². The van der Waals surface area contributed by atoms with Gasteiger partial charge in [-0.2, -0.15) is 0 Å². The molecule has 0 aliphatic carbocycles. The van der Waals surface area contributed by atoms with Crippen molar-refractivity contribution in [2.45, 2.75) is 25.8 Å². The van der Waals surface area contributed by atoms with Crippen molar-refractivity contribution < 1.29 is 9.59 Å². The predicted molar refractivity (Wildman–Crippen MR) is 53.3 cm³/mol. The number of rotatable bonds is 4. The van der Waals surface area contributed by atoms with Crippen LogP contribution in [0.2, 0.25) is 0 Å². The fourth-order valence-electron chi connectivity index (χ4n) is 1.79. The Bertz CT molecular complexity index is 263. The molecule has 1 fully saturated rings. The predicted octanol–water partition coefficient (Wildman–Crippen LogP) is 0.285. The van der Waals surface area contributed by atoms with Gasteiger partial charge in [0.1, 0.15) is 6.04 Å². The Kier molecular flexibility index (Phi) is 3.28. The lowest BCUT2D eigenvalue weighted by molar-refractivity contribution is -0.136. The van der Waals surface area contributed by atoms with E-state index in [1.807, 2.05) is 6.92 Å². The van der Waals surface area contributed by atoms with Gasteiger partial charge in [0.2, 0.25) is 11.8 Å². The van der Waals surface area contributed by atoms with E-state index in [-0.39, 0.29) is 11.8 Å². The first-order chi connectivity index (χ1) is 6.60. The molecule has 0 aromatic carbocycles. The van der Waals surface area contributed by atoms with Gasteiger partial charge in [-0.25, -0.2) is 0 Å². The Morgan fingerprint density at radius 2 is 2.50 bits per heavy atom. The van der Waals surface area contributed by atoms with Gasteiger partial charge < -0.3 is 10.6 Å². The van der Waals surface area contributed by atoms with Crippen molar-refractivity contribution in [1.82, 2.24) is 4.90 Å². The largest absolute Gasteiger partial charge is 0.368 e. The van der Waals surface area contributed by atoms with Crippen LogP contribution < -0.4 is 5.73 Å². The van der Waals surface area contributed by atoms with E-state index >= 15 is 0 Å². The Morgan fingerprint density at radius 3 is 2.86 bits per heavy atom. The average Bonchev–Trinajstić information content (AvgIpc) is 2.48. The molecule has 0 aromatic rings. The maximum atomic E-state index is 11.5. The van der Waals surface area contributed by atoms with Gasteiger partial charge in [0, 0.05) is 18.9 Å². The molecule has 1 rings (SSSR count). The van der Waals surface area contributed by atoms with E-state index in [1.165, 1.54) is 0 Å². The Balaban J connectivity index is 2.72. The third-order valence-corrected chi connectivity index (χ3v) is 2.61. The van der Waals surface area contributed by atoms with Gasteiger partial charge in [-0.1, -0.05) is 13.0 Å². The molecule has 14 heavy (non-hydrogen) atoms. The van der Waals surface area contributed by atoms with Crippen molar-refractivity contribution in [2.75, 3.05) is 6.54 Å². The summed E-state index contributed by atoms with van der Waals surface area (Å²) in [6, 6.07) is -0.451. The molecule has 0 aromatic heterocycles. The number of amides is 2. The van der Waals surface area contributed by atoms with Gasteiger partial charge in [-0.15, -0.1) is 6.58 Å². The number of primary amides is 1. The van der Waals surface area contributed by atoms with Gasteiger partial charge in [-0.3, -0.25) is 9.59 Å². The van der Waals surface area contributed by atoms with Gasteiger partial charge >= 0.3 is 0 Å². The summed E-state index contributed by atoms with van der Waals surface area (Å²) in [4.78, 5) is 24.1. The fourth-order valence-corrected chi connectivity index (χ4v) is 1.79. The van der Waals surface area contributed by atoms with Crippen LogP contribution in [0.4, 0.5) is 0 Å². The molecule has 2 atom stereocenters. The molecule has 0 bridgehead atoms. The molecule has 2 amide bonds. The van der Waals surface area contributed by atoms with E-state index in [1.54, 1.807) is 11.0 Å². The molecule has 4 heteroatoms. The van der Waals surface area contributed by atoms with Crippen LogP contribution >= 0.6 is 0 Å². The van der Waals surface area contributed by atoms with Gasteiger partial charge in [-0.05, 0) is 6.42 Å². The topological polar surface area (TPSA) is 63.4 Å². The highest BCUT2D eigenvalue weighted by Gasteiger charge is 2.34. The van der Waals surface area contributed by atoms with E-state index in [4.69, 9.17) is 5.73 Å². The van der Waals surface area contributed by atoms with E-state index in [0.29, 0.717) is 19.4 Å². The number of carbonyl (C=O) groups excluding carboxylic acids is 2. The first-order valence-corrected chi connectivity index (χ1v) is 4.81. The quantitative estimate of drug-likeness (QED) is 0.657. The number of nitrogens with two attached hydrogens (primary N) is 1. The van der Waals surface area contributed by atoms with Gasteiger partial charge in [0.25, 0.3) is 0 Å². The summed E-state index contributed by atoms with van der Waals surface area (Å²) in [7, 11) is 0. The van der Waals surface area contributed by atoms with E-state index in [9.17, 15) is 9.59 Å². The molecular weight excluding hydrogens is 180 g/mol. The Hall–Kier alpha value is -1.32. The van der Waals surface area contributed by atoms with Crippen LogP contribution in [0.5, 0.6) is 0 Å². The maximum absolute atomic E-state index is 11.5. The summed E-state index contributed by atoms with van der Waals surface area (Å²) in [6.07, 6.45) is 2.78. The van der Waals surface area contributed by atoms with Crippen LogP contribution in [0.3, 0.4) is 0 Å². The van der Waals surface area contributed by atoms with E-state index in [2.05, 4.69) is 6.58 Å². The second-order valence-electron chi connectivity index (χ2n) is 3.57. The number of nitrogens with zero attached hydrogens (tertiary/aromatic N) is 1. The fraction of sp³-hybridized carbons (Fsp3) is 0.600. The van der Waals surface area contributed by atoms with Crippen molar-refractivity contribution in [1.29, 1.82) is 0 Å². The minimum absolute atomic E-state index is 0.000509. The molecule has 1 saturated heterocycles. The van der Waals surface area contributed by atoms with Crippen molar-refractivity contribution in [2.24, 2.45) is 11.7 Å². The van der Waals surface area contributed by atoms with Gasteiger partial charge in [0.15, 0.2) is 0 Å². The molecule has 1 heterocycles. The summed E-state index contributed by atoms with van der Waals surface area (Å²) in [5.41, 5.74) is 5.22. The van der Waals surface area contributed by atoms with Crippen LogP contribution in [0.1, 0.15) is 19.8 Å². The normalized spacial score (nSPS) is 23.6. The van der Waals surface area contributed by atoms with Crippen LogP contribution in [-0.2, 0) is 9.59 Å². The minimum atomic E-state index is -0.451. The molecule has 0 spiro atoms. The second kappa shape index (κ2) is 4.26. The lowest BCUT2D eigenvalue weighted by atomic mass is 10.1. The number of hydrogen-bond donors (Lipinski definition) is 1. The Morgan fingerprint density at radius 1 is 1.86 bits per heavy atom. The lowest BCUT2D eigenvalue weighted by Gasteiger charge is -2.23. The molecule has 1 aliphatic rings. The number of carbonyl (C=O) groups is 2. The first kappa shape index (κ1) is 10.8. The monoisotopic (exact) mass is 196 g/mol. The highest BCUT2D eigenvalue weighted by atomic mass is 16.2. The molecule has 78 valence electrons. The van der Waals surface area contributed by atoms with Crippen molar-refractivity contribution >= 4 is 11.8 Å². The summed E-state index contributed by atoms with van der Waals surface area (Å²) in [6.45, 7) is 6.07. The zero-order valence-electron chi connectivity index (χ0n) is 8.40. The standard InChI is InChI=1S/C10H16N2O2/c1-3-7-5-9(13)12(6-7)8(4-2)10(11)14/h3,7-8H,1,4-6H2,2H3,(H2,11,14). The van der Waals surface area contributed by atoms with E-state index in [0.717, 1.165) is 0 Å². The smallest absolute Gasteiger partial charge is 0.240 e. The zero-order valence-corrected chi connectivity index (χ0v) is 8.40. The number of likely N-dealkylation sites (tertiary alicyclic amines) is 1.